The van der Waals surface area contributed by atoms with Crippen LogP contribution in [0.15, 0.2) is 54.6 Å². The summed E-state index contributed by atoms with van der Waals surface area (Å²) in [5, 5.41) is 1.51. The van der Waals surface area contributed by atoms with Crippen molar-refractivity contribution in [3.05, 3.63) is 70.9 Å². The molecule has 122 valence electrons. The fourth-order valence-corrected chi connectivity index (χ4v) is 2.56. The molecule has 0 bridgehead atoms. The zero-order valence-corrected chi connectivity index (χ0v) is 13.9. The molecule has 0 aliphatic heterocycles. The summed E-state index contributed by atoms with van der Waals surface area (Å²) in [5.74, 6) is 0.148. The second kappa shape index (κ2) is 7.32. The van der Waals surface area contributed by atoms with Crippen molar-refractivity contribution in [1.82, 2.24) is 4.98 Å². The molecular formula is C19H16ClNO3. The molecular weight excluding hydrogens is 326 g/mol. The number of pyridine rings is 1. The van der Waals surface area contributed by atoms with Gasteiger partial charge in [-0.05, 0) is 30.7 Å². The first kappa shape index (κ1) is 16.3. The number of aromatic nitrogens is 1. The van der Waals surface area contributed by atoms with Gasteiger partial charge in [-0.25, -0.2) is 9.78 Å². The van der Waals surface area contributed by atoms with E-state index in [0.29, 0.717) is 16.5 Å². The quantitative estimate of drug-likeness (QED) is 0.648. The van der Waals surface area contributed by atoms with Gasteiger partial charge in [-0.3, -0.25) is 0 Å². The third-order valence-electron chi connectivity index (χ3n) is 3.62. The summed E-state index contributed by atoms with van der Waals surface area (Å²) in [7, 11) is 0. The van der Waals surface area contributed by atoms with E-state index < -0.39 is 5.97 Å². The van der Waals surface area contributed by atoms with Crippen molar-refractivity contribution in [1.29, 1.82) is 0 Å². The van der Waals surface area contributed by atoms with Crippen LogP contribution in [-0.4, -0.2) is 17.6 Å². The van der Waals surface area contributed by atoms with Crippen molar-refractivity contribution in [3.63, 3.8) is 0 Å². The number of fused-ring (bicyclic) bond motifs is 1. The molecule has 1 heterocycles. The standard InChI is InChI=1S/C19H16ClNO3/c1-13-15-9-5-6-10-16(15)21-17(19(13)20)11-24-18(22)12-23-14-7-3-2-4-8-14/h2-10H,11-12H2,1H3. The number of hydrogen-bond acceptors (Lipinski definition) is 4. The minimum atomic E-state index is -0.470. The van der Waals surface area contributed by atoms with Gasteiger partial charge in [0.25, 0.3) is 0 Å². The minimum absolute atomic E-state index is 0.0154. The zero-order valence-electron chi connectivity index (χ0n) is 13.2. The topological polar surface area (TPSA) is 48.4 Å². The zero-order chi connectivity index (χ0) is 16.9. The molecule has 0 fully saturated rings. The average molecular weight is 342 g/mol. The maximum Gasteiger partial charge on any atom is 0.344 e. The highest BCUT2D eigenvalue weighted by Crippen LogP contribution is 2.27. The Labute approximate surface area is 145 Å². The van der Waals surface area contributed by atoms with Gasteiger partial charge in [-0.2, -0.15) is 0 Å². The Bertz CT molecular complexity index is 865. The van der Waals surface area contributed by atoms with Crippen molar-refractivity contribution < 1.29 is 14.3 Å². The molecule has 2 aromatic carbocycles. The molecule has 0 unspecified atom stereocenters. The van der Waals surface area contributed by atoms with Crippen LogP contribution in [0, 0.1) is 6.92 Å². The van der Waals surface area contributed by atoms with Crippen LogP contribution in [0.1, 0.15) is 11.3 Å². The first-order chi connectivity index (χ1) is 11.6. The van der Waals surface area contributed by atoms with Crippen LogP contribution in [0.25, 0.3) is 10.9 Å². The van der Waals surface area contributed by atoms with Crippen LogP contribution >= 0.6 is 11.6 Å². The van der Waals surface area contributed by atoms with Crippen molar-refractivity contribution in [2.45, 2.75) is 13.5 Å². The van der Waals surface area contributed by atoms with E-state index >= 15 is 0 Å². The van der Waals surface area contributed by atoms with Crippen molar-refractivity contribution in [2.24, 2.45) is 0 Å². The van der Waals surface area contributed by atoms with Crippen molar-refractivity contribution in [2.75, 3.05) is 6.61 Å². The molecule has 24 heavy (non-hydrogen) atoms. The van der Waals surface area contributed by atoms with Crippen molar-refractivity contribution in [3.8, 4) is 5.75 Å². The third kappa shape index (κ3) is 3.66. The molecule has 1 aromatic heterocycles. The monoisotopic (exact) mass is 341 g/mol. The second-order valence-corrected chi connectivity index (χ2v) is 5.66. The molecule has 0 amide bonds. The van der Waals surface area contributed by atoms with E-state index in [1.54, 1.807) is 12.1 Å². The number of aryl methyl sites for hydroxylation is 1. The van der Waals surface area contributed by atoms with E-state index in [2.05, 4.69) is 4.98 Å². The van der Waals surface area contributed by atoms with E-state index in [9.17, 15) is 4.79 Å². The lowest BCUT2D eigenvalue weighted by atomic mass is 10.1. The minimum Gasteiger partial charge on any atom is -0.482 e. The second-order valence-electron chi connectivity index (χ2n) is 5.28. The number of para-hydroxylation sites is 2. The smallest absolute Gasteiger partial charge is 0.344 e. The third-order valence-corrected chi connectivity index (χ3v) is 4.12. The highest BCUT2D eigenvalue weighted by Gasteiger charge is 2.12. The van der Waals surface area contributed by atoms with Gasteiger partial charge in [-0.1, -0.05) is 48.0 Å². The number of esters is 1. The SMILES string of the molecule is Cc1c(Cl)c(COC(=O)COc2ccccc2)nc2ccccc12. The molecule has 5 heteroatoms. The molecule has 0 saturated heterocycles. The maximum absolute atomic E-state index is 11.8. The molecule has 3 rings (SSSR count). The van der Waals surface area contributed by atoms with Gasteiger partial charge in [0.1, 0.15) is 12.4 Å². The van der Waals surface area contributed by atoms with E-state index in [1.807, 2.05) is 49.4 Å². The predicted octanol–water partition coefficient (Wildman–Crippen LogP) is 4.32. The van der Waals surface area contributed by atoms with E-state index in [0.717, 1.165) is 16.5 Å². The highest BCUT2D eigenvalue weighted by atomic mass is 35.5. The molecule has 3 aromatic rings. The van der Waals surface area contributed by atoms with Crippen LogP contribution in [-0.2, 0) is 16.1 Å². The average Bonchev–Trinajstić information content (AvgIpc) is 2.62. The Morgan fingerprint density at radius 2 is 1.79 bits per heavy atom. The Morgan fingerprint density at radius 3 is 2.58 bits per heavy atom. The number of carbonyl (C=O) groups excluding carboxylic acids is 1. The van der Waals surface area contributed by atoms with E-state index in [4.69, 9.17) is 21.1 Å². The van der Waals surface area contributed by atoms with Gasteiger partial charge in [0.05, 0.1) is 16.2 Å². The molecule has 0 N–H and O–H groups in total. The normalized spacial score (nSPS) is 10.6. The van der Waals surface area contributed by atoms with Crippen LogP contribution in [0.2, 0.25) is 5.02 Å². The van der Waals surface area contributed by atoms with Gasteiger partial charge in [0.15, 0.2) is 6.61 Å². The van der Waals surface area contributed by atoms with Crippen LogP contribution < -0.4 is 4.74 Å². The van der Waals surface area contributed by atoms with E-state index in [-0.39, 0.29) is 13.2 Å². The summed E-state index contributed by atoms with van der Waals surface area (Å²) in [6.45, 7) is 1.78. The lowest BCUT2D eigenvalue weighted by molar-refractivity contribution is -0.147. The molecule has 0 atom stereocenters. The summed E-state index contributed by atoms with van der Waals surface area (Å²) >= 11 is 6.34. The number of hydrogen-bond donors (Lipinski definition) is 0. The van der Waals surface area contributed by atoms with Gasteiger partial charge in [0, 0.05) is 5.39 Å². The van der Waals surface area contributed by atoms with Crippen molar-refractivity contribution >= 4 is 28.5 Å². The first-order valence-electron chi connectivity index (χ1n) is 7.52. The Hall–Kier alpha value is -2.59. The number of benzene rings is 2. The van der Waals surface area contributed by atoms with Gasteiger partial charge < -0.3 is 9.47 Å². The number of nitrogens with zero attached hydrogens (tertiary/aromatic N) is 1. The fraction of sp³-hybridized carbons (Fsp3) is 0.158. The van der Waals surface area contributed by atoms with Crippen LogP contribution in [0.3, 0.4) is 0 Å². The fourth-order valence-electron chi connectivity index (χ4n) is 2.36. The Balaban J connectivity index is 1.65. The van der Waals surface area contributed by atoms with Gasteiger partial charge in [0.2, 0.25) is 0 Å². The highest BCUT2D eigenvalue weighted by molar-refractivity contribution is 6.32. The number of carbonyl (C=O) groups is 1. The molecule has 0 aliphatic carbocycles. The Kier molecular flexibility index (Phi) is 4.96. The van der Waals surface area contributed by atoms with Crippen LogP contribution in [0.4, 0.5) is 0 Å². The van der Waals surface area contributed by atoms with Crippen LogP contribution in [0.5, 0.6) is 5.75 Å². The Morgan fingerprint density at radius 1 is 1.08 bits per heavy atom. The summed E-state index contributed by atoms with van der Waals surface area (Å²) in [4.78, 5) is 16.3. The number of halogens is 1. The summed E-state index contributed by atoms with van der Waals surface area (Å²) in [6.07, 6.45) is 0. The molecule has 4 nitrogen and oxygen atoms in total. The maximum atomic E-state index is 11.8. The predicted molar refractivity (Wildman–Crippen MR) is 93.2 cm³/mol. The molecule has 0 aliphatic rings. The van der Waals surface area contributed by atoms with Gasteiger partial charge >= 0.3 is 5.97 Å². The largest absolute Gasteiger partial charge is 0.482 e. The lowest BCUT2D eigenvalue weighted by Crippen LogP contribution is -2.15. The summed E-state index contributed by atoms with van der Waals surface area (Å²) in [5.41, 5.74) is 2.29. The van der Waals surface area contributed by atoms with E-state index in [1.165, 1.54) is 0 Å². The van der Waals surface area contributed by atoms with Gasteiger partial charge in [-0.15, -0.1) is 0 Å². The molecule has 0 saturated carbocycles. The number of rotatable bonds is 5. The number of ether oxygens (including phenoxy) is 2. The summed E-state index contributed by atoms with van der Waals surface area (Å²) < 4.78 is 10.6. The lowest BCUT2D eigenvalue weighted by Gasteiger charge is -2.11. The first-order valence-corrected chi connectivity index (χ1v) is 7.90. The summed E-state index contributed by atoms with van der Waals surface area (Å²) in [6, 6.07) is 16.8. The molecule has 0 radical (unpaired) electrons. The molecule has 0 spiro atoms.